The first kappa shape index (κ1) is 31.3. The van der Waals surface area contributed by atoms with Crippen LogP contribution in [0.4, 0.5) is 17.2 Å². The predicted octanol–water partition coefficient (Wildman–Crippen LogP) is 3.41. The molecule has 2 N–H and O–H groups in total. The van der Waals surface area contributed by atoms with Crippen LogP contribution in [0.15, 0.2) is 66.9 Å². The first-order chi connectivity index (χ1) is 22.8. The van der Waals surface area contributed by atoms with Gasteiger partial charge in [0.2, 0.25) is 5.91 Å². The van der Waals surface area contributed by atoms with Crippen LogP contribution in [0.25, 0.3) is 0 Å². The van der Waals surface area contributed by atoms with Gasteiger partial charge in [-0.25, -0.2) is 4.98 Å². The van der Waals surface area contributed by atoms with Gasteiger partial charge in [0.1, 0.15) is 6.10 Å². The molecule has 11 heteroatoms. The summed E-state index contributed by atoms with van der Waals surface area (Å²) in [5, 5.41) is 12.8. The van der Waals surface area contributed by atoms with Crippen molar-refractivity contribution in [3.63, 3.8) is 0 Å². The summed E-state index contributed by atoms with van der Waals surface area (Å²) >= 11 is 0. The van der Waals surface area contributed by atoms with Crippen LogP contribution in [0.3, 0.4) is 0 Å². The molecular weight excluding hydrogens is 596 g/mol. The number of para-hydroxylation sites is 1. The van der Waals surface area contributed by atoms with Crippen LogP contribution in [-0.2, 0) is 16.8 Å². The zero-order valence-corrected chi connectivity index (χ0v) is 27.2. The number of aliphatic hydroxyl groups excluding tert-OH is 1. The number of piperazine rings is 1. The molecule has 1 aromatic heterocycles. The Labute approximate surface area is 275 Å². The SMILES string of the molecule is CN1CCN(CC(=O)N2c3ccccc3C(=O)Nc3cccnc32)CC1.COc1ccc2c3c1O[C@H]1C[C@@H](O)C=C[C@@]31CCN(C)C2. The van der Waals surface area contributed by atoms with Crippen molar-refractivity contribution < 1.29 is 24.2 Å². The summed E-state index contributed by atoms with van der Waals surface area (Å²) in [4.78, 5) is 38.5. The molecule has 4 aliphatic heterocycles. The van der Waals surface area contributed by atoms with Gasteiger partial charge in [-0.2, -0.15) is 0 Å². The molecule has 11 nitrogen and oxygen atoms in total. The van der Waals surface area contributed by atoms with Crippen LogP contribution >= 0.6 is 0 Å². The monoisotopic (exact) mass is 638 g/mol. The average Bonchev–Trinajstić information content (AvgIpc) is 3.25. The topological polar surface area (TPSA) is 111 Å². The molecule has 1 saturated heterocycles. The third-order valence-electron chi connectivity index (χ3n) is 9.99. The zero-order valence-electron chi connectivity index (χ0n) is 27.2. The minimum absolute atomic E-state index is 0.00838. The predicted molar refractivity (Wildman–Crippen MR) is 180 cm³/mol. The van der Waals surface area contributed by atoms with E-state index in [0.29, 0.717) is 35.7 Å². The fourth-order valence-corrected chi connectivity index (χ4v) is 7.43. The zero-order chi connectivity index (χ0) is 32.7. The molecule has 0 unspecified atom stereocenters. The number of nitrogens with one attached hydrogen (secondary N) is 1. The summed E-state index contributed by atoms with van der Waals surface area (Å²) in [5.41, 5.74) is 4.07. The molecule has 1 fully saturated rings. The number of carbonyl (C=O) groups excluding carboxylic acids is 2. The summed E-state index contributed by atoms with van der Waals surface area (Å²) in [7, 11) is 5.93. The van der Waals surface area contributed by atoms with Gasteiger partial charge in [0.15, 0.2) is 17.3 Å². The van der Waals surface area contributed by atoms with Gasteiger partial charge >= 0.3 is 0 Å². The normalized spacial score (nSPS) is 25.0. The van der Waals surface area contributed by atoms with E-state index in [2.05, 4.69) is 51.2 Å². The van der Waals surface area contributed by atoms with E-state index in [1.165, 1.54) is 11.1 Å². The maximum Gasteiger partial charge on any atom is 0.257 e. The van der Waals surface area contributed by atoms with Crippen LogP contribution in [-0.4, -0.2) is 109 Å². The van der Waals surface area contributed by atoms with Crippen molar-refractivity contribution in [3.8, 4) is 11.5 Å². The summed E-state index contributed by atoms with van der Waals surface area (Å²) in [6.07, 6.45) is 7.01. The first-order valence-corrected chi connectivity index (χ1v) is 16.3. The molecule has 3 atom stereocenters. The second-order valence-corrected chi connectivity index (χ2v) is 13.1. The number of nitrogens with zero attached hydrogens (tertiary/aromatic N) is 5. The van der Waals surface area contributed by atoms with E-state index in [9.17, 15) is 14.7 Å². The van der Waals surface area contributed by atoms with Crippen LogP contribution in [0.2, 0.25) is 0 Å². The van der Waals surface area contributed by atoms with Crippen LogP contribution in [0, 0.1) is 0 Å². The molecule has 3 aromatic rings. The number of amides is 2. The standard InChI is InChI=1S/C19H21N5O2.C17H21NO3/c1-22-9-11-23(12-10-22)13-17(25)24-16-7-3-2-5-14(16)19(26)21-15-6-4-8-20-18(15)24;1-18-8-7-17-6-5-12(19)9-14(17)21-16-13(20-2)4-3-11(10-18)15(16)17/h2-8H,9-13H2,1H3,(H,21,26);3-6,12,14,19H,7-10H2,1-2H3/t;12-,14-,17-/m.0/s1. The number of methoxy groups -OCH3 is 1. The summed E-state index contributed by atoms with van der Waals surface area (Å²) in [6, 6.07) is 14.8. The van der Waals surface area contributed by atoms with E-state index in [0.717, 1.165) is 57.2 Å². The highest BCUT2D eigenvalue weighted by atomic mass is 16.5. The van der Waals surface area contributed by atoms with Crippen molar-refractivity contribution in [1.29, 1.82) is 0 Å². The number of hydrogen-bond acceptors (Lipinski definition) is 9. The maximum absolute atomic E-state index is 13.2. The highest BCUT2D eigenvalue weighted by Crippen LogP contribution is 2.55. The van der Waals surface area contributed by atoms with Crippen molar-refractivity contribution in [2.75, 3.05) is 70.7 Å². The minimum Gasteiger partial charge on any atom is -0.493 e. The van der Waals surface area contributed by atoms with E-state index in [1.807, 2.05) is 18.2 Å². The van der Waals surface area contributed by atoms with E-state index in [4.69, 9.17) is 9.47 Å². The Morgan fingerprint density at radius 3 is 2.68 bits per heavy atom. The van der Waals surface area contributed by atoms with Crippen molar-refractivity contribution >= 4 is 29.0 Å². The van der Waals surface area contributed by atoms with Crippen LogP contribution in [0.1, 0.15) is 34.3 Å². The molecule has 5 heterocycles. The van der Waals surface area contributed by atoms with E-state index in [-0.39, 0.29) is 23.3 Å². The molecule has 2 aromatic carbocycles. The molecule has 2 amide bonds. The first-order valence-electron chi connectivity index (χ1n) is 16.3. The van der Waals surface area contributed by atoms with Crippen molar-refractivity contribution in [2.24, 2.45) is 0 Å². The molecule has 0 saturated carbocycles. The Balaban J connectivity index is 0.000000153. The quantitative estimate of drug-likeness (QED) is 0.417. The Bertz CT molecular complexity index is 1700. The summed E-state index contributed by atoms with van der Waals surface area (Å²) in [6.45, 7) is 5.84. The van der Waals surface area contributed by atoms with Gasteiger partial charge in [0.25, 0.3) is 5.91 Å². The van der Waals surface area contributed by atoms with Gasteiger partial charge in [-0.3, -0.25) is 19.4 Å². The number of pyridine rings is 1. The minimum atomic E-state index is -0.412. The number of aromatic nitrogens is 1. The van der Waals surface area contributed by atoms with Gasteiger partial charge < -0.3 is 29.7 Å². The summed E-state index contributed by atoms with van der Waals surface area (Å²) in [5.74, 6) is 1.83. The van der Waals surface area contributed by atoms with E-state index in [1.54, 1.807) is 48.5 Å². The second kappa shape index (κ2) is 12.7. The number of hydrogen-bond donors (Lipinski definition) is 2. The lowest BCUT2D eigenvalue weighted by molar-refractivity contribution is -0.119. The van der Waals surface area contributed by atoms with Gasteiger partial charge in [0, 0.05) is 50.9 Å². The molecule has 1 aliphatic carbocycles. The van der Waals surface area contributed by atoms with Crippen LogP contribution < -0.4 is 19.7 Å². The van der Waals surface area contributed by atoms with Gasteiger partial charge in [-0.15, -0.1) is 0 Å². The van der Waals surface area contributed by atoms with Gasteiger partial charge in [-0.1, -0.05) is 30.4 Å². The van der Waals surface area contributed by atoms with Crippen molar-refractivity contribution in [3.05, 3.63) is 83.6 Å². The molecule has 0 bridgehead atoms. The second-order valence-electron chi connectivity index (χ2n) is 13.1. The highest BCUT2D eigenvalue weighted by Gasteiger charge is 2.52. The third-order valence-corrected chi connectivity index (χ3v) is 9.99. The van der Waals surface area contributed by atoms with E-state index >= 15 is 0 Å². The lowest BCUT2D eigenvalue weighted by atomic mass is 9.69. The number of fused-ring (bicyclic) bond motifs is 2. The molecule has 0 radical (unpaired) electrons. The molecular formula is C36H42N6O5. The highest BCUT2D eigenvalue weighted by molar-refractivity contribution is 6.17. The molecule has 1 spiro atoms. The number of benzene rings is 2. The average molecular weight is 639 g/mol. The molecule has 5 aliphatic rings. The van der Waals surface area contributed by atoms with Crippen molar-refractivity contribution in [2.45, 2.75) is 37.0 Å². The number of aliphatic hydroxyl groups is 1. The lowest BCUT2D eigenvalue weighted by Gasteiger charge is -2.35. The Morgan fingerprint density at radius 2 is 1.87 bits per heavy atom. The van der Waals surface area contributed by atoms with E-state index < -0.39 is 6.10 Å². The molecule has 246 valence electrons. The van der Waals surface area contributed by atoms with Gasteiger partial charge in [-0.05, 0) is 63.0 Å². The fraction of sp³-hybridized carbons (Fsp3) is 0.417. The number of anilines is 3. The maximum atomic E-state index is 13.2. The Hall–Kier alpha value is -4.29. The Morgan fingerprint density at radius 1 is 1.06 bits per heavy atom. The molecule has 47 heavy (non-hydrogen) atoms. The van der Waals surface area contributed by atoms with Crippen molar-refractivity contribution in [1.82, 2.24) is 19.7 Å². The number of ether oxygens (including phenoxy) is 2. The number of likely N-dealkylation sites (N-methyl/N-ethyl adjacent to an activating group) is 1. The number of carbonyl (C=O) groups is 2. The summed E-state index contributed by atoms with van der Waals surface area (Å²) < 4.78 is 11.8. The number of rotatable bonds is 3. The lowest BCUT2D eigenvalue weighted by Crippen LogP contribution is -2.48. The molecule has 8 rings (SSSR count). The van der Waals surface area contributed by atoms with Gasteiger partial charge in [0.05, 0.1) is 42.1 Å². The Kier molecular flexibility index (Phi) is 8.48. The fourth-order valence-electron chi connectivity index (χ4n) is 7.43. The third kappa shape index (κ3) is 5.78. The van der Waals surface area contributed by atoms with Crippen LogP contribution in [0.5, 0.6) is 11.5 Å². The largest absolute Gasteiger partial charge is 0.493 e. The smallest absolute Gasteiger partial charge is 0.257 e.